The van der Waals surface area contributed by atoms with Crippen LogP contribution in [0.15, 0.2) is 9.80 Å². The van der Waals surface area contributed by atoms with Crippen LogP contribution in [0.25, 0.3) is 0 Å². The molecule has 0 unspecified atom stereocenters. The first kappa shape index (κ1) is 16.1. The molecule has 7 nitrogen and oxygen atoms in total. The molecular weight excluding hydrogens is 316 g/mol. The maximum atomic E-state index is 12.5. The van der Waals surface area contributed by atoms with E-state index in [4.69, 9.17) is 9.15 Å². The molecule has 0 aromatic carbocycles. The fourth-order valence-electron chi connectivity index (χ4n) is 2.40. The molecule has 1 saturated heterocycles. The van der Waals surface area contributed by atoms with Crippen LogP contribution in [0.4, 0.5) is 0 Å². The zero-order valence-corrected chi connectivity index (χ0v) is 14.3. The molecule has 0 radical (unpaired) electrons. The monoisotopic (exact) mass is 336 g/mol. The number of carbonyl (C=O) groups is 1. The summed E-state index contributed by atoms with van der Waals surface area (Å²) in [5.74, 6) is 1.36. The molecule has 0 spiro atoms. The van der Waals surface area contributed by atoms with Crippen molar-refractivity contribution in [2.24, 2.45) is 0 Å². The van der Waals surface area contributed by atoms with Crippen LogP contribution in [0.1, 0.15) is 48.4 Å². The lowest BCUT2D eigenvalue weighted by Crippen LogP contribution is -2.43. The van der Waals surface area contributed by atoms with Crippen molar-refractivity contribution in [1.29, 1.82) is 0 Å². The number of hydrogen-bond donors (Lipinski definition) is 0. The Bertz CT molecular complexity index is 682. The van der Waals surface area contributed by atoms with Crippen molar-refractivity contribution in [1.82, 2.24) is 20.1 Å². The number of carbonyl (C=O) groups excluding carboxylic acids is 1. The van der Waals surface area contributed by atoms with Crippen molar-refractivity contribution in [3.63, 3.8) is 0 Å². The van der Waals surface area contributed by atoms with Gasteiger partial charge in [0, 0.05) is 24.8 Å². The number of thiazole rings is 1. The lowest BCUT2D eigenvalue weighted by molar-refractivity contribution is -0.139. The van der Waals surface area contributed by atoms with Gasteiger partial charge in [-0.2, -0.15) is 0 Å². The molecule has 3 heterocycles. The van der Waals surface area contributed by atoms with E-state index in [9.17, 15) is 4.79 Å². The highest BCUT2D eigenvalue weighted by molar-refractivity contribution is 7.09. The van der Waals surface area contributed by atoms with Gasteiger partial charge < -0.3 is 14.1 Å². The maximum absolute atomic E-state index is 12.5. The van der Waals surface area contributed by atoms with Crippen molar-refractivity contribution in [3.05, 3.63) is 27.9 Å². The molecule has 1 fully saturated rings. The van der Waals surface area contributed by atoms with Crippen molar-refractivity contribution in [3.8, 4) is 0 Å². The van der Waals surface area contributed by atoms with E-state index in [2.05, 4.69) is 29.0 Å². The average molecular weight is 336 g/mol. The van der Waals surface area contributed by atoms with Crippen molar-refractivity contribution >= 4 is 17.2 Å². The van der Waals surface area contributed by atoms with E-state index in [0.717, 1.165) is 10.7 Å². The Morgan fingerprint density at radius 2 is 2.30 bits per heavy atom. The summed E-state index contributed by atoms with van der Waals surface area (Å²) in [4.78, 5) is 18.8. The summed E-state index contributed by atoms with van der Waals surface area (Å²) in [6, 6.07) is 0. The number of morpholine rings is 1. The molecule has 1 aliphatic rings. The molecule has 0 bridgehead atoms. The predicted octanol–water partition coefficient (Wildman–Crippen LogP) is 2.10. The summed E-state index contributed by atoms with van der Waals surface area (Å²) in [7, 11) is 0. The molecular formula is C15H20N4O3S. The zero-order chi connectivity index (χ0) is 16.4. The van der Waals surface area contributed by atoms with Crippen LogP contribution >= 0.6 is 11.3 Å². The number of aryl methyl sites for hydroxylation is 1. The molecule has 1 aliphatic heterocycles. The minimum absolute atomic E-state index is 0.0511. The Labute approximate surface area is 138 Å². The molecule has 0 aliphatic carbocycles. The first-order valence-electron chi connectivity index (χ1n) is 7.66. The molecule has 0 N–H and O–H groups in total. The Morgan fingerprint density at radius 1 is 1.48 bits per heavy atom. The SMILES string of the molecule is Cc1nnc([C@@H]2CN(C(=O)Cc3csc(C(C)C)n3)CCO2)o1. The van der Waals surface area contributed by atoms with Gasteiger partial charge in [-0.1, -0.05) is 13.8 Å². The van der Waals surface area contributed by atoms with E-state index in [1.165, 1.54) is 0 Å². The third kappa shape index (κ3) is 3.76. The Kier molecular flexibility index (Phi) is 4.72. The maximum Gasteiger partial charge on any atom is 0.246 e. The number of hydrogen-bond acceptors (Lipinski definition) is 7. The second-order valence-electron chi connectivity index (χ2n) is 5.87. The highest BCUT2D eigenvalue weighted by Gasteiger charge is 2.29. The van der Waals surface area contributed by atoms with Crippen LogP contribution in [-0.2, 0) is 16.0 Å². The zero-order valence-electron chi connectivity index (χ0n) is 13.5. The van der Waals surface area contributed by atoms with Gasteiger partial charge in [-0.05, 0) is 0 Å². The number of aromatic nitrogens is 3. The standard InChI is InChI=1S/C15H20N4O3S/c1-9(2)15-16-11(8-23-15)6-13(20)19-4-5-21-12(7-19)14-18-17-10(3)22-14/h8-9,12H,4-7H2,1-3H3/t12-/m0/s1. The van der Waals surface area contributed by atoms with E-state index >= 15 is 0 Å². The molecule has 8 heteroatoms. The molecule has 124 valence electrons. The van der Waals surface area contributed by atoms with Crippen LogP contribution in [0, 0.1) is 6.92 Å². The molecule has 23 heavy (non-hydrogen) atoms. The summed E-state index contributed by atoms with van der Waals surface area (Å²) in [5, 5.41) is 10.8. The Balaban J connectivity index is 1.62. The molecule has 2 aromatic heterocycles. The van der Waals surface area contributed by atoms with Crippen LogP contribution in [0.3, 0.4) is 0 Å². The Morgan fingerprint density at radius 3 is 2.96 bits per heavy atom. The topological polar surface area (TPSA) is 81.4 Å². The van der Waals surface area contributed by atoms with Gasteiger partial charge in [-0.15, -0.1) is 21.5 Å². The summed E-state index contributed by atoms with van der Waals surface area (Å²) in [5.41, 5.74) is 0.834. The van der Waals surface area contributed by atoms with Gasteiger partial charge in [0.15, 0.2) is 6.10 Å². The van der Waals surface area contributed by atoms with Crippen LogP contribution in [0.5, 0.6) is 0 Å². The molecule has 3 rings (SSSR count). The first-order chi connectivity index (χ1) is 11.0. The van der Waals surface area contributed by atoms with Gasteiger partial charge >= 0.3 is 0 Å². The Hall–Kier alpha value is -1.80. The highest BCUT2D eigenvalue weighted by atomic mass is 32.1. The van der Waals surface area contributed by atoms with E-state index in [1.54, 1.807) is 23.2 Å². The van der Waals surface area contributed by atoms with Crippen molar-refractivity contribution < 1.29 is 13.9 Å². The van der Waals surface area contributed by atoms with E-state index < -0.39 is 0 Å². The number of rotatable bonds is 4. The second kappa shape index (κ2) is 6.76. The lowest BCUT2D eigenvalue weighted by atomic mass is 10.2. The van der Waals surface area contributed by atoms with Gasteiger partial charge in [0.25, 0.3) is 0 Å². The number of nitrogens with zero attached hydrogens (tertiary/aromatic N) is 4. The van der Waals surface area contributed by atoms with Crippen LogP contribution < -0.4 is 0 Å². The largest absolute Gasteiger partial charge is 0.423 e. The van der Waals surface area contributed by atoms with Crippen LogP contribution in [0.2, 0.25) is 0 Å². The lowest BCUT2D eigenvalue weighted by Gasteiger charge is -2.31. The summed E-state index contributed by atoms with van der Waals surface area (Å²) in [6.07, 6.45) is -0.0331. The predicted molar refractivity (Wildman–Crippen MR) is 84.2 cm³/mol. The smallest absolute Gasteiger partial charge is 0.246 e. The minimum Gasteiger partial charge on any atom is -0.423 e. The van der Waals surface area contributed by atoms with Gasteiger partial charge in [0.05, 0.1) is 30.3 Å². The van der Waals surface area contributed by atoms with Gasteiger partial charge in [0.2, 0.25) is 17.7 Å². The van der Waals surface area contributed by atoms with E-state index in [0.29, 0.717) is 43.8 Å². The fraction of sp³-hybridized carbons (Fsp3) is 0.600. The second-order valence-corrected chi connectivity index (χ2v) is 6.76. The van der Waals surface area contributed by atoms with Crippen LogP contribution in [-0.4, -0.2) is 45.7 Å². The normalized spacial score (nSPS) is 18.6. The third-order valence-electron chi connectivity index (χ3n) is 3.63. The number of amides is 1. The number of ether oxygens (including phenoxy) is 1. The third-order valence-corrected chi connectivity index (χ3v) is 4.83. The molecule has 2 aromatic rings. The summed E-state index contributed by atoms with van der Waals surface area (Å²) < 4.78 is 11.0. The highest BCUT2D eigenvalue weighted by Crippen LogP contribution is 2.23. The van der Waals surface area contributed by atoms with Gasteiger partial charge in [-0.25, -0.2) is 4.98 Å². The van der Waals surface area contributed by atoms with E-state index in [1.807, 2.05) is 5.38 Å². The summed E-state index contributed by atoms with van der Waals surface area (Å²) in [6.45, 7) is 7.40. The quantitative estimate of drug-likeness (QED) is 0.850. The molecule has 0 saturated carbocycles. The van der Waals surface area contributed by atoms with Crippen molar-refractivity contribution in [2.45, 2.75) is 39.2 Å². The van der Waals surface area contributed by atoms with Gasteiger partial charge in [0.1, 0.15) is 0 Å². The first-order valence-corrected chi connectivity index (χ1v) is 8.54. The van der Waals surface area contributed by atoms with Gasteiger partial charge in [-0.3, -0.25) is 4.79 Å². The molecule has 1 amide bonds. The average Bonchev–Trinajstić information content (AvgIpc) is 3.16. The molecule has 1 atom stereocenters. The minimum atomic E-state index is -0.351. The summed E-state index contributed by atoms with van der Waals surface area (Å²) >= 11 is 1.61. The fourth-order valence-corrected chi connectivity index (χ4v) is 3.24. The van der Waals surface area contributed by atoms with Crippen molar-refractivity contribution in [2.75, 3.05) is 19.7 Å². The van der Waals surface area contributed by atoms with E-state index in [-0.39, 0.29) is 12.0 Å².